The SMILES string of the molecule is N#CCC(=O)[C@H](Cc1ccccc1)N1C(=O)c2ccccc2C1=O. The second-order valence-corrected chi connectivity index (χ2v) is 5.53. The Labute approximate surface area is 139 Å². The number of imide groups is 1. The third-order valence-electron chi connectivity index (χ3n) is 4.03. The quantitative estimate of drug-likeness (QED) is 0.793. The number of nitriles is 1. The Balaban J connectivity index is 1.98. The molecule has 5 nitrogen and oxygen atoms in total. The molecule has 24 heavy (non-hydrogen) atoms. The number of nitrogens with zero attached hydrogens (tertiary/aromatic N) is 2. The Bertz CT molecular complexity index is 817. The minimum Gasteiger partial charge on any atom is -0.296 e. The Morgan fingerprint density at radius 3 is 2.04 bits per heavy atom. The molecule has 1 atom stereocenters. The van der Waals surface area contributed by atoms with Crippen LogP contribution in [-0.4, -0.2) is 28.5 Å². The molecule has 2 aromatic carbocycles. The average Bonchev–Trinajstić information content (AvgIpc) is 2.86. The van der Waals surface area contributed by atoms with E-state index >= 15 is 0 Å². The van der Waals surface area contributed by atoms with Gasteiger partial charge in [-0.1, -0.05) is 42.5 Å². The molecule has 2 aromatic rings. The molecule has 1 heterocycles. The van der Waals surface area contributed by atoms with Crippen LogP contribution in [0, 0.1) is 11.3 Å². The van der Waals surface area contributed by atoms with E-state index in [1.807, 2.05) is 36.4 Å². The van der Waals surface area contributed by atoms with Crippen molar-refractivity contribution in [3.63, 3.8) is 0 Å². The third-order valence-corrected chi connectivity index (χ3v) is 4.03. The highest BCUT2D eigenvalue weighted by Gasteiger charge is 2.42. The van der Waals surface area contributed by atoms with E-state index in [4.69, 9.17) is 5.26 Å². The zero-order valence-corrected chi connectivity index (χ0v) is 12.8. The highest BCUT2D eigenvalue weighted by molar-refractivity contribution is 6.23. The summed E-state index contributed by atoms with van der Waals surface area (Å²) >= 11 is 0. The lowest BCUT2D eigenvalue weighted by atomic mass is 9.99. The lowest BCUT2D eigenvalue weighted by Gasteiger charge is -2.24. The predicted octanol–water partition coefficient (Wildman–Crippen LogP) is 2.38. The monoisotopic (exact) mass is 318 g/mol. The molecule has 0 spiro atoms. The Kier molecular flexibility index (Phi) is 4.21. The fraction of sp³-hybridized carbons (Fsp3) is 0.158. The molecule has 5 heteroatoms. The van der Waals surface area contributed by atoms with Gasteiger partial charge in [-0.2, -0.15) is 5.26 Å². The van der Waals surface area contributed by atoms with Crippen molar-refractivity contribution >= 4 is 17.6 Å². The van der Waals surface area contributed by atoms with E-state index in [9.17, 15) is 14.4 Å². The first-order chi connectivity index (χ1) is 11.6. The fourth-order valence-corrected chi connectivity index (χ4v) is 2.87. The van der Waals surface area contributed by atoms with Crippen molar-refractivity contribution in [2.45, 2.75) is 18.9 Å². The molecule has 1 aliphatic rings. The molecular formula is C19H14N2O3. The van der Waals surface area contributed by atoms with E-state index < -0.39 is 23.6 Å². The van der Waals surface area contributed by atoms with Crippen LogP contribution in [0.25, 0.3) is 0 Å². The summed E-state index contributed by atoms with van der Waals surface area (Å²) in [6.07, 6.45) is -0.141. The molecule has 2 amide bonds. The number of amides is 2. The van der Waals surface area contributed by atoms with Crippen LogP contribution < -0.4 is 0 Å². The van der Waals surface area contributed by atoms with E-state index in [1.54, 1.807) is 24.3 Å². The van der Waals surface area contributed by atoms with Gasteiger partial charge in [-0.15, -0.1) is 0 Å². The maximum atomic E-state index is 12.6. The number of hydrogen-bond donors (Lipinski definition) is 0. The molecule has 0 unspecified atom stereocenters. The summed E-state index contributed by atoms with van der Waals surface area (Å²) < 4.78 is 0. The van der Waals surface area contributed by atoms with E-state index in [2.05, 4.69) is 0 Å². The van der Waals surface area contributed by atoms with Crippen molar-refractivity contribution in [1.29, 1.82) is 5.26 Å². The van der Waals surface area contributed by atoms with Gasteiger partial charge in [-0.25, -0.2) is 0 Å². The van der Waals surface area contributed by atoms with Crippen LogP contribution in [0.5, 0.6) is 0 Å². The van der Waals surface area contributed by atoms with Crippen molar-refractivity contribution in [2.24, 2.45) is 0 Å². The van der Waals surface area contributed by atoms with Crippen molar-refractivity contribution in [1.82, 2.24) is 4.90 Å². The van der Waals surface area contributed by atoms with Gasteiger partial charge in [-0.3, -0.25) is 19.3 Å². The summed E-state index contributed by atoms with van der Waals surface area (Å²) in [7, 11) is 0. The Morgan fingerprint density at radius 1 is 0.958 bits per heavy atom. The molecule has 0 saturated carbocycles. The number of ketones is 1. The molecule has 0 fully saturated rings. The van der Waals surface area contributed by atoms with Gasteiger partial charge in [0.15, 0.2) is 5.78 Å². The topological polar surface area (TPSA) is 78.2 Å². The van der Waals surface area contributed by atoms with Gasteiger partial charge in [0.05, 0.1) is 23.6 Å². The predicted molar refractivity (Wildman–Crippen MR) is 86.1 cm³/mol. The highest BCUT2D eigenvalue weighted by atomic mass is 16.2. The molecule has 0 radical (unpaired) electrons. The van der Waals surface area contributed by atoms with Crippen molar-refractivity contribution in [2.75, 3.05) is 0 Å². The number of rotatable bonds is 5. The summed E-state index contributed by atoms with van der Waals surface area (Å²) in [6, 6.07) is 16.5. The number of benzene rings is 2. The van der Waals surface area contributed by atoms with E-state index in [1.165, 1.54) is 0 Å². The summed E-state index contributed by atoms with van der Waals surface area (Å²) in [6.45, 7) is 0. The van der Waals surface area contributed by atoms with Crippen LogP contribution in [0.3, 0.4) is 0 Å². The van der Waals surface area contributed by atoms with Gasteiger partial charge in [0.25, 0.3) is 11.8 Å². The average molecular weight is 318 g/mol. The van der Waals surface area contributed by atoms with Crippen LogP contribution in [0.15, 0.2) is 54.6 Å². The number of carbonyl (C=O) groups is 3. The van der Waals surface area contributed by atoms with Crippen molar-refractivity contribution in [3.05, 3.63) is 71.3 Å². The lowest BCUT2D eigenvalue weighted by molar-refractivity contribution is -0.121. The zero-order chi connectivity index (χ0) is 17.1. The van der Waals surface area contributed by atoms with Gasteiger partial charge in [0.2, 0.25) is 0 Å². The van der Waals surface area contributed by atoms with Crippen LogP contribution in [-0.2, 0) is 11.2 Å². The van der Waals surface area contributed by atoms with Crippen LogP contribution in [0.1, 0.15) is 32.7 Å². The third kappa shape index (κ3) is 2.70. The standard InChI is InChI=1S/C19H14N2O3/c20-11-10-17(22)16(12-13-6-2-1-3-7-13)21-18(23)14-8-4-5-9-15(14)19(21)24/h1-9,16H,10,12H2/t16-/m0/s1. The first-order valence-corrected chi connectivity index (χ1v) is 7.54. The Hall–Kier alpha value is -3.26. The van der Waals surface area contributed by atoms with Gasteiger partial charge >= 0.3 is 0 Å². The maximum absolute atomic E-state index is 12.6. The first kappa shape index (κ1) is 15.6. The molecule has 1 aliphatic heterocycles. The lowest BCUT2D eigenvalue weighted by Crippen LogP contribution is -2.46. The van der Waals surface area contributed by atoms with Gasteiger partial charge in [-0.05, 0) is 17.7 Å². The van der Waals surface area contributed by atoms with Gasteiger partial charge in [0, 0.05) is 6.42 Å². The molecule has 0 N–H and O–H groups in total. The second kappa shape index (κ2) is 6.47. The molecule has 3 rings (SSSR count). The molecule has 0 bridgehead atoms. The molecule has 0 aromatic heterocycles. The number of fused-ring (bicyclic) bond motifs is 1. The minimum atomic E-state index is -0.973. The second-order valence-electron chi connectivity index (χ2n) is 5.53. The summed E-state index contributed by atoms with van der Waals surface area (Å²) in [5, 5.41) is 8.84. The fourth-order valence-electron chi connectivity index (χ4n) is 2.87. The minimum absolute atomic E-state index is 0.201. The smallest absolute Gasteiger partial charge is 0.262 e. The maximum Gasteiger partial charge on any atom is 0.262 e. The molecular weight excluding hydrogens is 304 g/mol. The number of Topliss-reactive ketones (excluding diaryl/α,β-unsaturated/α-hetero) is 1. The van der Waals surface area contributed by atoms with E-state index in [-0.39, 0.29) is 12.8 Å². The van der Waals surface area contributed by atoms with Gasteiger partial charge in [0.1, 0.15) is 6.04 Å². The van der Waals surface area contributed by atoms with Crippen molar-refractivity contribution < 1.29 is 14.4 Å². The van der Waals surface area contributed by atoms with Gasteiger partial charge < -0.3 is 0 Å². The summed E-state index contributed by atoms with van der Waals surface area (Å²) in [5.74, 6) is -1.40. The van der Waals surface area contributed by atoms with E-state index in [0.29, 0.717) is 11.1 Å². The molecule has 118 valence electrons. The highest BCUT2D eigenvalue weighted by Crippen LogP contribution is 2.26. The Morgan fingerprint density at radius 2 is 1.50 bits per heavy atom. The molecule has 0 saturated heterocycles. The van der Waals surface area contributed by atoms with Crippen LogP contribution >= 0.6 is 0 Å². The number of hydrogen-bond acceptors (Lipinski definition) is 4. The molecule has 0 aliphatic carbocycles. The normalized spacial score (nSPS) is 14.2. The first-order valence-electron chi connectivity index (χ1n) is 7.54. The van der Waals surface area contributed by atoms with Crippen LogP contribution in [0.4, 0.5) is 0 Å². The summed E-state index contributed by atoms with van der Waals surface area (Å²) in [5.41, 5.74) is 1.42. The largest absolute Gasteiger partial charge is 0.296 e. The number of carbonyl (C=O) groups excluding carboxylic acids is 3. The zero-order valence-electron chi connectivity index (χ0n) is 12.8. The van der Waals surface area contributed by atoms with Crippen molar-refractivity contribution in [3.8, 4) is 6.07 Å². The van der Waals surface area contributed by atoms with E-state index in [0.717, 1.165) is 10.5 Å². The summed E-state index contributed by atoms with van der Waals surface area (Å²) in [4.78, 5) is 38.6. The van der Waals surface area contributed by atoms with Crippen LogP contribution in [0.2, 0.25) is 0 Å².